The van der Waals surface area contributed by atoms with Crippen LogP contribution in [0.1, 0.15) is 70.4 Å². The summed E-state index contributed by atoms with van der Waals surface area (Å²) in [4.78, 5) is 0. The van der Waals surface area contributed by atoms with Gasteiger partial charge >= 0.3 is 0 Å². The smallest absolute Gasteiger partial charge is 0.125 e. The Balaban J connectivity index is 2.10. The number of hydrogen-bond donors (Lipinski definition) is 1. The Hall–Kier alpha value is -0.540. The molecule has 1 aliphatic rings. The number of halogens is 1. The molecule has 0 amide bonds. The van der Waals surface area contributed by atoms with E-state index in [9.17, 15) is 0 Å². The molecule has 1 saturated carbocycles. The lowest BCUT2D eigenvalue weighted by Gasteiger charge is -2.23. The topological polar surface area (TPSA) is 21.3 Å². The summed E-state index contributed by atoms with van der Waals surface area (Å²) in [7, 11) is 0. The molecule has 118 valence electrons. The summed E-state index contributed by atoms with van der Waals surface area (Å²) in [6.45, 7) is 5.46. The molecule has 1 aliphatic carbocycles. The van der Waals surface area contributed by atoms with Crippen LogP contribution in [0.25, 0.3) is 0 Å². The first-order chi connectivity index (χ1) is 10.2. The first-order valence-electron chi connectivity index (χ1n) is 8.40. The molecule has 0 aromatic heterocycles. The van der Waals surface area contributed by atoms with Gasteiger partial charge in [-0.05, 0) is 57.7 Å². The van der Waals surface area contributed by atoms with Gasteiger partial charge in [-0.2, -0.15) is 0 Å². The minimum absolute atomic E-state index is 0.332. The van der Waals surface area contributed by atoms with E-state index < -0.39 is 0 Å². The summed E-state index contributed by atoms with van der Waals surface area (Å²) >= 11 is 3.58. The van der Waals surface area contributed by atoms with E-state index in [1.807, 2.05) is 0 Å². The van der Waals surface area contributed by atoms with Crippen molar-refractivity contribution in [3.05, 3.63) is 28.2 Å². The van der Waals surface area contributed by atoms with Crippen LogP contribution in [0.5, 0.6) is 5.75 Å². The molecule has 0 saturated heterocycles. The zero-order valence-electron chi connectivity index (χ0n) is 13.3. The maximum Gasteiger partial charge on any atom is 0.125 e. The lowest BCUT2D eigenvalue weighted by Crippen LogP contribution is -2.22. The van der Waals surface area contributed by atoms with Crippen LogP contribution in [0.4, 0.5) is 0 Å². The van der Waals surface area contributed by atoms with Crippen molar-refractivity contribution in [2.24, 2.45) is 0 Å². The minimum Gasteiger partial charge on any atom is -0.490 e. The fourth-order valence-electron chi connectivity index (χ4n) is 2.98. The van der Waals surface area contributed by atoms with E-state index in [0.29, 0.717) is 12.1 Å². The molecule has 1 atom stereocenters. The van der Waals surface area contributed by atoms with E-state index in [0.717, 1.165) is 23.2 Å². The minimum atomic E-state index is 0.332. The quantitative estimate of drug-likeness (QED) is 0.670. The fraction of sp³-hybridized carbons (Fsp3) is 0.667. The van der Waals surface area contributed by atoms with E-state index in [1.54, 1.807) is 0 Å². The van der Waals surface area contributed by atoms with Gasteiger partial charge in [0, 0.05) is 16.1 Å². The maximum atomic E-state index is 6.38. The highest BCUT2D eigenvalue weighted by Gasteiger charge is 2.18. The van der Waals surface area contributed by atoms with Gasteiger partial charge in [0.2, 0.25) is 0 Å². The van der Waals surface area contributed by atoms with E-state index in [4.69, 9.17) is 4.74 Å². The van der Waals surface area contributed by atoms with Crippen molar-refractivity contribution >= 4 is 15.9 Å². The van der Waals surface area contributed by atoms with Crippen LogP contribution in [0.3, 0.4) is 0 Å². The summed E-state index contributed by atoms with van der Waals surface area (Å²) in [6.07, 6.45) is 9.26. The van der Waals surface area contributed by atoms with Crippen molar-refractivity contribution in [1.29, 1.82) is 0 Å². The molecule has 0 bridgehead atoms. The number of hydrogen-bond acceptors (Lipinski definition) is 2. The first-order valence-corrected chi connectivity index (χ1v) is 9.19. The van der Waals surface area contributed by atoms with Gasteiger partial charge in [-0.3, -0.25) is 0 Å². The van der Waals surface area contributed by atoms with Crippen LogP contribution < -0.4 is 10.1 Å². The second-order valence-corrected chi connectivity index (χ2v) is 7.01. The predicted octanol–water partition coefficient (Wildman–Crippen LogP) is 5.61. The molecule has 1 aromatic carbocycles. The molecule has 2 rings (SSSR count). The van der Waals surface area contributed by atoms with Gasteiger partial charge in [0.1, 0.15) is 5.75 Å². The zero-order valence-corrected chi connectivity index (χ0v) is 14.9. The second-order valence-electron chi connectivity index (χ2n) is 6.09. The molecule has 1 unspecified atom stereocenters. The Bertz CT molecular complexity index is 427. The van der Waals surface area contributed by atoms with Crippen LogP contribution in [0.2, 0.25) is 0 Å². The Kier molecular flexibility index (Phi) is 7.05. The second kappa shape index (κ2) is 8.79. The van der Waals surface area contributed by atoms with E-state index in [-0.39, 0.29) is 0 Å². The van der Waals surface area contributed by atoms with E-state index >= 15 is 0 Å². The highest BCUT2D eigenvalue weighted by Crippen LogP contribution is 2.31. The Labute approximate surface area is 137 Å². The predicted molar refractivity (Wildman–Crippen MR) is 93.0 cm³/mol. The summed E-state index contributed by atoms with van der Waals surface area (Å²) in [6, 6.07) is 6.76. The summed E-state index contributed by atoms with van der Waals surface area (Å²) < 4.78 is 7.47. The average Bonchev–Trinajstić information content (AvgIpc) is 2.73. The van der Waals surface area contributed by atoms with E-state index in [2.05, 4.69) is 53.3 Å². The zero-order chi connectivity index (χ0) is 15.1. The summed E-state index contributed by atoms with van der Waals surface area (Å²) in [5, 5.41) is 3.56. The number of benzene rings is 1. The molecular weight excluding hydrogens is 326 g/mol. The van der Waals surface area contributed by atoms with Gasteiger partial charge < -0.3 is 10.1 Å². The number of nitrogens with one attached hydrogen (secondary N) is 1. The maximum absolute atomic E-state index is 6.38. The lowest BCUT2D eigenvalue weighted by atomic mass is 10.1. The van der Waals surface area contributed by atoms with Crippen molar-refractivity contribution < 1.29 is 4.74 Å². The third-order valence-corrected chi connectivity index (χ3v) is 4.73. The van der Waals surface area contributed by atoms with Crippen LogP contribution in [-0.2, 0) is 0 Å². The summed E-state index contributed by atoms with van der Waals surface area (Å²) in [5.41, 5.74) is 1.27. The molecule has 1 N–H and O–H groups in total. The van der Waals surface area contributed by atoms with Crippen LogP contribution >= 0.6 is 15.9 Å². The molecule has 0 aliphatic heterocycles. The normalized spacial score (nSPS) is 18.2. The first kappa shape index (κ1) is 16.8. The average molecular weight is 354 g/mol. The van der Waals surface area contributed by atoms with Crippen molar-refractivity contribution in [2.45, 2.75) is 70.9 Å². The van der Waals surface area contributed by atoms with Crippen LogP contribution in [0.15, 0.2) is 22.7 Å². The number of ether oxygens (including phenoxy) is 1. The van der Waals surface area contributed by atoms with Gasteiger partial charge in [0.05, 0.1) is 6.10 Å². The Morgan fingerprint density at radius 3 is 2.62 bits per heavy atom. The molecule has 0 spiro atoms. The molecule has 2 nitrogen and oxygen atoms in total. The van der Waals surface area contributed by atoms with Gasteiger partial charge in [-0.1, -0.05) is 41.8 Å². The van der Waals surface area contributed by atoms with Crippen molar-refractivity contribution in [3.8, 4) is 5.75 Å². The third kappa shape index (κ3) is 5.30. The third-order valence-electron chi connectivity index (χ3n) is 4.24. The van der Waals surface area contributed by atoms with Crippen molar-refractivity contribution in [3.63, 3.8) is 0 Å². The lowest BCUT2D eigenvalue weighted by molar-refractivity contribution is 0.180. The fourth-order valence-corrected chi connectivity index (χ4v) is 3.32. The SMILES string of the molecule is CCCNC(C)c1ccc(Br)cc1OC1CCCCCC1. The highest BCUT2D eigenvalue weighted by molar-refractivity contribution is 9.10. The summed E-state index contributed by atoms with van der Waals surface area (Å²) in [5.74, 6) is 1.05. The molecule has 0 heterocycles. The Morgan fingerprint density at radius 1 is 1.24 bits per heavy atom. The molecular formula is C18H28BrNO. The van der Waals surface area contributed by atoms with E-state index in [1.165, 1.54) is 44.1 Å². The molecule has 3 heteroatoms. The van der Waals surface area contributed by atoms with Gasteiger partial charge in [-0.25, -0.2) is 0 Å². The highest BCUT2D eigenvalue weighted by atomic mass is 79.9. The Morgan fingerprint density at radius 2 is 1.95 bits per heavy atom. The van der Waals surface area contributed by atoms with Crippen molar-refractivity contribution in [1.82, 2.24) is 5.32 Å². The van der Waals surface area contributed by atoms with Crippen LogP contribution in [0, 0.1) is 0 Å². The molecule has 1 aromatic rings. The van der Waals surface area contributed by atoms with Crippen LogP contribution in [-0.4, -0.2) is 12.6 Å². The molecule has 0 radical (unpaired) electrons. The van der Waals surface area contributed by atoms with Gasteiger partial charge in [-0.15, -0.1) is 0 Å². The van der Waals surface area contributed by atoms with Crippen molar-refractivity contribution in [2.75, 3.05) is 6.54 Å². The molecule has 21 heavy (non-hydrogen) atoms. The standard InChI is InChI=1S/C18H28BrNO/c1-3-12-20-14(2)17-11-10-15(19)13-18(17)21-16-8-6-4-5-7-9-16/h10-11,13-14,16,20H,3-9,12H2,1-2H3. The van der Waals surface area contributed by atoms with Gasteiger partial charge in [0.15, 0.2) is 0 Å². The molecule has 1 fully saturated rings. The van der Waals surface area contributed by atoms with Gasteiger partial charge in [0.25, 0.3) is 0 Å². The largest absolute Gasteiger partial charge is 0.490 e. The monoisotopic (exact) mass is 353 g/mol. The number of rotatable bonds is 6.